The van der Waals surface area contributed by atoms with Crippen molar-refractivity contribution in [2.24, 2.45) is 5.92 Å². The molecule has 8 nitrogen and oxygen atoms in total. The minimum atomic E-state index is -1.29. The highest BCUT2D eigenvalue weighted by molar-refractivity contribution is 5.69. The van der Waals surface area contributed by atoms with Gasteiger partial charge in [0.15, 0.2) is 5.79 Å². The van der Waals surface area contributed by atoms with E-state index < -0.39 is 23.3 Å². The zero-order valence-corrected chi connectivity index (χ0v) is 13.9. The van der Waals surface area contributed by atoms with E-state index >= 15 is 0 Å². The Morgan fingerprint density at radius 2 is 2.00 bits per heavy atom. The molecule has 2 aliphatic rings. The van der Waals surface area contributed by atoms with E-state index in [0.717, 1.165) is 0 Å². The first-order valence-electron chi connectivity index (χ1n) is 7.99. The summed E-state index contributed by atoms with van der Waals surface area (Å²) in [4.78, 5) is 23.1. The van der Waals surface area contributed by atoms with Crippen LogP contribution < -0.4 is 0 Å². The van der Waals surface area contributed by atoms with Crippen LogP contribution in [0.2, 0.25) is 0 Å². The van der Waals surface area contributed by atoms with Crippen LogP contribution in [-0.4, -0.2) is 55.3 Å². The van der Waals surface area contributed by atoms with E-state index in [-0.39, 0.29) is 17.3 Å². The number of nitro groups is 1. The molecule has 0 bridgehead atoms. The molecule has 2 fully saturated rings. The van der Waals surface area contributed by atoms with Crippen molar-refractivity contribution in [1.82, 2.24) is 0 Å². The molecule has 0 aromatic carbocycles. The fourth-order valence-corrected chi connectivity index (χ4v) is 3.66. The highest BCUT2D eigenvalue weighted by Crippen LogP contribution is 2.47. The topological polar surface area (TPSA) is 97.1 Å². The van der Waals surface area contributed by atoms with Gasteiger partial charge in [0.25, 0.3) is 0 Å². The number of hydrogen-bond donors (Lipinski definition) is 0. The van der Waals surface area contributed by atoms with Crippen molar-refractivity contribution in [3.05, 3.63) is 10.1 Å². The standard InChI is InChI=1S/C15H25NO7/c1-4-21-13(17)6-5-11-9-15(22-7-8-23-15)10-12(20-3)14(11,2)16(18)19/h11-12H,4-10H2,1-3H3. The third-order valence-electron chi connectivity index (χ3n) is 5.03. The second kappa shape index (κ2) is 7.11. The van der Waals surface area contributed by atoms with Crippen LogP contribution in [0, 0.1) is 16.0 Å². The van der Waals surface area contributed by atoms with Crippen LogP contribution in [0.15, 0.2) is 0 Å². The minimum Gasteiger partial charge on any atom is -0.466 e. The summed E-state index contributed by atoms with van der Waals surface area (Å²) in [6, 6.07) is 0. The van der Waals surface area contributed by atoms with Crippen molar-refractivity contribution in [2.45, 2.75) is 57.0 Å². The van der Waals surface area contributed by atoms with Gasteiger partial charge < -0.3 is 18.9 Å². The van der Waals surface area contributed by atoms with Crippen LogP contribution in [0.5, 0.6) is 0 Å². The maximum atomic E-state index is 11.8. The van der Waals surface area contributed by atoms with E-state index in [4.69, 9.17) is 18.9 Å². The van der Waals surface area contributed by atoms with E-state index in [2.05, 4.69) is 0 Å². The van der Waals surface area contributed by atoms with Crippen LogP contribution in [-0.2, 0) is 23.7 Å². The lowest BCUT2D eigenvalue weighted by Gasteiger charge is -2.46. The van der Waals surface area contributed by atoms with Crippen LogP contribution in [0.25, 0.3) is 0 Å². The van der Waals surface area contributed by atoms with Crippen molar-refractivity contribution in [3.8, 4) is 0 Å². The number of ether oxygens (including phenoxy) is 4. The third kappa shape index (κ3) is 3.49. The van der Waals surface area contributed by atoms with Gasteiger partial charge in [0, 0.05) is 44.1 Å². The first-order valence-corrected chi connectivity index (χ1v) is 7.99. The predicted molar refractivity (Wildman–Crippen MR) is 79.4 cm³/mol. The molecule has 132 valence electrons. The molecule has 1 aliphatic carbocycles. The molecule has 3 atom stereocenters. The summed E-state index contributed by atoms with van der Waals surface area (Å²) in [5.74, 6) is -1.59. The molecule has 1 heterocycles. The second-order valence-corrected chi connectivity index (χ2v) is 6.26. The van der Waals surface area contributed by atoms with E-state index in [1.165, 1.54) is 7.11 Å². The first kappa shape index (κ1) is 18.1. The van der Waals surface area contributed by atoms with Gasteiger partial charge in [-0.2, -0.15) is 0 Å². The van der Waals surface area contributed by atoms with Gasteiger partial charge in [-0.3, -0.25) is 14.9 Å². The fourth-order valence-electron chi connectivity index (χ4n) is 3.66. The predicted octanol–water partition coefficient (Wildman–Crippen LogP) is 1.53. The highest BCUT2D eigenvalue weighted by atomic mass is 16.7. The van der Waals surface area contributed by atoms with Gasteiger partial charge >= 0.3 is 5.97 Å². The summed E-state index contributed by atoms with van der Waals surface area (Å²) in [6.07, 6.45) is 0.524. The molecule has 0 aromatic heterocycles. The van der Waals surface area contributed by atoms with Gasteiger partial charge in [0.1, 0.15) is 6.10 Å². The highest BCUT2D eigenvalue weighted by Gasteiger charge is 2.62. The van der Waals surface area contributed by atoms with Gasteiger partial charge in [-0.1, -0.05) is 0 Å². The number of methoxy groups -OCH3 is 1. The van der Waals surface area contributed by atoms with Crippen molar-refractivity contribution >= 4 is 5.97 Å². The molecular formula is C15H25NO7. The molecule has 0 aromatic rings. The Morgan fingerprint density at radius 1 is 1.35 bits per heavy atom. The summed E-state index contributed by atoms with van der Waals surface area (Å²) in [5.41, 5.74) is -1.29. The Bertz CT molecular complexity index is 449. The summed E-state index contributed by atoms with van der Waals surface area (Å²) in [6.45, 7) is 4.55. The average Bonchev–Trinajstić information content (AvgIpc) is 2.96. The normalized spacial score (nSPS) is 32.8. The zero-order chi connectivity index (χ0) is 17.1. The molecule has 1 saturated carbocycles. The van der Waals surface area contributed by atoms with Gasteiger partial charge in [-0.15, -0.1) is 0 Å². The Labute approximate surface area is 135 Å². The quantitative estimate of drug-likeness (QED) is 0.413. The number of esters is 1. The largest absolute Gasteiger partial charge is 0.466 e. The van der Waals surface area contributed by atoms with Crippen LogP contribution >= 0.6 is 0 Å². The molecule has 1 spiro atoms. The fraction of sp³-hybridized carbons (Fsp3) is 0.933. The summed E-state index contributed by atoms with van der Waals surface area (Å²) < 4.78 is 21.8. The number of carbonyl (C=O) groups is 1. The molecule has 0 N–H and O–H groups in total. The Morgan fingerprint density at radius 3 is 2.52 bits per heavy atom. The van der Waals surface area contributed by atoms with Gasteiger partial charge in [-0.05, 0) is 13.3 Å². The van der Waals surface area contributed by atoms with E-state index in [1.54, 1.807) is 13.8 Å². The van der Waals surface area contributed by atoms with E-state index in [0.29, 0.717) is 39.1 Å². The number of carbonyl (C=O) groups excluding carboxylic acids is 1. The summed E-state index contributed by atoms with van der Waals surface area (Å²) in [5, 5.41) is 11.8. The molecule has 2 rings (SSSR count). The lowest BCUT2D eigenvalue weighted by Crippen LogP contribution is -2.62. The maximum absolute atomic E-state index is 11.8. The first-order chi connectivity index (χ1) is 10.9. The monoisotopic (exact) mass is 331 g/mol. The number of nitrogens with zero attached hydrogens (tertiary/aromatic N) is 1. The second-order valence-electron chi connectivity index (χ2n) is 6.26. The van der Waals surface area contributed by atoms with E-state index in [1.807, 2.05) is 0 Å². The molecule has 0 amide bonds. The lowest BCUT2D eigenvalue weighted by molar-refractivity contribution is -0.598. The van der Waals surface area contributed by atoms with Gasteiger partial charge in [-0.25, -0.2) is 0 Å². The molecule has 1 aliphatic heterocycles. The van der Waals surface area contributed by atoms with Crippen LogP contribution in [0.3, 0.4) is 0 Å². The van der Waals surface area contributed by atoms with Crippen molar-refractivity contribution in [1.29, 1.82) is 0 Å². The molecule has 1 saturated heterocycles. The minimum absolute atomic E-state index is 0.133. The average molecular weight is 331 g/mol. The molecule has 0 radical (unpaired) electrons. The summed E-state index contributed by atoms with van der Waals surface area (Å²) in [7, 11) is 1.46. The van der Waals surface area contributed by atoms with E-state index in [9.17, 15) is 14.9 Å². The molecular weight excluding hydrogens is 306 g/mol. The summed E-state index contributed by atoms with van der Waals surface area (Å²) >= 11 is 0. The Kier molecular flexibility index (Phi) is 5.59. The molecule has 23 heavy (non-hydrogen) atoms. The van der Waals surface area contributed by atoms with Gasteiger partial charge in [0.2, 0.25) is 5.54 Å². The zero-order valence-electron chi connectivity index (χ0n) is 13.9. The lowest BCUT2D eigenvalue weighted by atomic mass is 9.68. The Balaban J connectivity index is 2.20. The molecule has 8 heteroatoms. The SMILES string of the molecule is CCOC(=O)CCC1CC2(CC(OC)C1(C)[N+](=O)[O-])OCCO2. The Hall–Kier alpha value is -1.25. The number of rotatable bonds is 6. The van der Waals surface area contributed by atoms with Crippen LogP contribution in [0.1, 0.15) is 39.5 Å². The van der Waals surface area contributed by atoms with Gasteiger partial charge in [0.05, 0.1) is 19.8 Å². The third-order valence-corrected chi connectivity index (χ3v) is 5.03. The van der Waals surface area contributed by atoms with Crippen molar-refractivity contribution in [3.63, 3.8) is 0 Å². The van der Waals surface area contributed by atoms with Crippen LogP contribution in [0.4, 0.5) is 0 Å². The maximum Gasteiger partial charge on any atom is 0.305 e. The number of hydrogen-bond acceptors (Lipinski definition) is 7. The van der Waals surface area contributed by atoms with Crippen molar-refractivity contribution in [2.75, 3.05) is 26.9 Å². The smallest absolute Gasteiger partial charge is 0.305 e. The molecule has 3 unspecified atom stereocenters. The van der Waals surface area contributed by atoms with Crippen molar-refractivity contribution < 1.29 is 28.7 Å².